The summed E-state index contributed by atoms with van der Waals surface area (Å²) in [6, 6.07) is 7.68. The molecule has 1 aliphatic carbocycles. The first-order chi connectivity index (χ1) is 16.4. The van der Waals surface area contributed by atoms with Crippen LogP contribution >= 0.6 is 22.1 Å². The van der Waals surface area contributed by atoms with Gasteiger partial charge in [0.15, 0.2) is 10.0 Å². The van der Waals surface area contributed by atoms with Gasteiger partial charge in [0, 0.05) is 0 Å². The Kier molecular flexibility index (Phi) is 4.84. The van der Waals surface area contributed by atoms with Gasteiger partial charge in [-0.1, -0.05) is 40.8 Å². The third-order valence-corrected chi connectivity index (χ3v) is 8.60. The number of thiazole rings is 1. The van der Waals surface area contributed by atoms with Crippen molar-refractivity contribution in [2.24, 2.45) is 10.4 Å². The Morgan fingerprint density at radius 3 is 2.94 bits per heavy atom. The normalized spacial score (nSPS) is 18.5. The fraction of sp³-hybridized carbons (Fsp3) is 0.261. The van der Waals surface area contributed by atoms with E-state index in [0.717, 1.165) is 29.0 Å². The summed E-state index contributed by atoms with van der Waals surface area (Å²) in [7, 11) is -0.790. The molecule has 1 unspecified atom stereocenters. The Balaban J connectivity index is 1.17. The molecular formula is C23H18N4O5S2. The molecule has 0 bridgehead atoms. The molecule has 6 rings (SSSR count). The largest absolute Gasteiger partial charge is 0.444 e. The SMILES string of the molecule is Cc1ccccc1COC(=O)Nc1c(C)noc1C#Cc1nc2c(s1)N=C1S(=C(O)C13CC3)O2. The molecule has 3 aliphatic rings. The second-order valence-electron chi connectivity index (χ2n) is 8.14. The van der Waals surface area contributed by atoms with Crippen LogP contribution in [0.3, 0.4) is 0 Å². The first kappa shape index (κ1) is 21.1. The molecule has 9 nitrogen and oxygen atoms in total. The monoisotopic (exact) mass is 494 g/mol. The average Bonchev–Trinajstić information content (AvgIpc) is 3.48. The van der Waals surface area contributed by atoms with Crippen LogP contribution in [0, 0.1) is 31.1 Å². The molecule has 34 heavy (non-hydrogen) atoms. The number of nitrogens with zero attached hydrogens (tertiary/aromatic N) is 3. The Hall–Kier alpha value is -3.46. The van der Waals surface area contributed by atoms with Gasteiger partial charge in [0.1, 0.15) is 28.1 Å². The van der Waals surface area contributed by atoms with Crippen molar-refractivity contribution in [3.8, 4) is 17.7 Å². The number of hydrogen-bond donors (Lipinski definition) is 2. The van der Waals surface area contributed by atoms with Crippen LogP contribution in [0.5, 0.6) is 5.88 Å². The van der Waals surface area contributed by atoms with E-state index < -0.39 is 16.9 Å². The number of amides is 1. The van der Waals surface area contributed by atoms with E-state index in [0.29, 0.717) is 32.3 Å². The molecule has 0 radical (unpaired) electrons. The van der Waals surface area contributed by atoms with E-state index in [9.17, 15) is 9.90 Å². The Morgan fingerprint density at radius 1 is 1.32 bits per heavy atom. The Bertz CT molecular complexity index is 1490. The van der Waals surface area contributed by atoms with Crippen molar-refractivity contribution < 1.29 is 23.3 Å². The predicted octanol–water partition coefficient (Wildman–Crippen LogP) is 4.98. The number of fused-ring (bicyclic) bond motifs is 3. The topological polar surface area (TPSA) is 119 Å². The number of aromatic nitrogens is 2. The molecule has 172 valence electrons. The number of nitrogens with one attached hydrogen (secondary N) is 1. The lowest BCUT2D eigenvalue weighted by molar-refractivity contribution is 0.155. The number of aliphatic imine (C=N–C) groups is 1. The number of aryl methyl sites for hydroxylation is 2. The number of carbonyl (C=O) groups is 1. The van der Waals surface area contributed by atoms with Gasteiger partial charge in [0.25, 0.3) is 5.88 Å². The van der Waals surface area contributed by atoms with Crippen LogP contribution in [0.15, 0.2) is 33.8 Å². The summed E-state index contributed by atoms with van der Waals surface area (Å²) in [4.78, 5) is 21.4. The first-order valence-corrected chi connectivity index (χ1v) is 12.5. The molecule has 11 heteroatoms. The van der Waals surface area contributed by atoms with Crippen LogP contribution in [0.25, 0.3) is 0 Å². The second kappa shape index (κ2) is 7.80. The minimum atomic E-state index is -0.790. The summed E-state index contributed by atoms with van der Waals surface area (Å²) >= 11 is 1.30. The third kappa shape index (κ3) is 3.42. The van der Waals surface area contributed by atoms with Crippen molar-refractivity contribution in [3.05, 3.63) is 51.9 Å². The molecule has 1 fully saturated rings. The molecular weight excluding hydrogens is 476 g/mol. The zero-order valence-electron chi connectivity index (χ0n) is 18.2. The van der Waals surface area contributed by atoms with Gasteiger partial charge >= 0.3 is 6.09 Å². The van der Waals surface area contributed by atoms with Gasteiger partial charge in [-0.3, -0.25) is 5.32 Å². The summed E-state index contributed by atoms with van der Waals surface area (Å²) in [5, 5.41) is 19.2. The van der Waals surface area contributed by atoms with Crippen LogP contribution in [-0.4, -0.2) is 31.4 Å². The minimum absolute atomic E-state index is 0.146. The zero-order valence-corrected chi connectivity index (χ0v) is 19.8. The second-order valence-corrected chi connectivity index (χ2v) is 10.6. The number of rotatable bonds is 3. The van der Waals surface area contributed by atoms with Crippen molar-refractivity contribution in [1.82, 2.24) is 10.1 Å². The molecule has 2 aromatic heterocycles. The molecule has 3 aromatic rings. The Labute approximate surface area is 200 Å². The molecule has 1 atom stereocenters. The molecule has 2 aliphatic heterocycles. The molecule has 1 spiro atoms. The van der Waals surface area contributed by atoms with Crippen LogP contribution in [0.4, 0.5) is 15.5 Å². The first-order valence-electron chi connectivity index (χ1n) is 10.5. The molecule has 1 aromatic carbocycles. The number of anilines is 1. The summed E-state index contributed by atoms with van der Waals surface area (Å²) in [6.45, 7) is 3.80. The molecule has 0 saturated heterocycles. The highest BCUT2D eigenvalue weighted by Crippen LogP contribution is 2.64. The summed E-state index contributed by atoms with van der Waals surface area (Å²) < 4.78 is 16.5. The van der Waals surface area contributed by atoms with E-state index in [4.69, 9.17) is 13.4 Å². The number of ether oxygens (including phenoxy) is 1. The lowest BCUT2D eigenvalue weighted by Gasteiger charge is -2.33. The molecule has 4 heterocycles. The third-order valence-electron chi connectivity index (χ3n) is 5.86. The maximum Gasteiger partial charge on any atom is 0.412 e. The van der Waals surface area contributed by atoms with Gasteiger partial charge in [0.2, 0.25) is 5.76 Å². The van der Waals surface area contributed by atoms with Gasteiger partial charge < -0.3 is 18.5 Å². The van der Waals surface area contributed by atoms with E-state index in [-0.39, 0.29) is 17.8 Å². The molecule has 2 N–H and O–H groups in total. The van der Waals surface area contributed by atoms with Crippen LogP contribution in [0.2, 0.25) is 0 Å². The van der Waals surface area contributed by atoms with E-state index in [1.807, 2.05) is 31.2 Å². The fourth-order valence-corrected chi connectivity index (χ4v) is 6.47. The number of hydrogen-bond acceptors (Lipinski definition) is 8. The number of aliphatic hydroxyl groups excluding tert-OH is 1. The number of benzene rings is 1. The lowest BCUT2D eigenvalue weighted by Crippen LogP contribution is -2.38. The van der Waals surface area contributed by atoms with Crippen molar-refractivity contribution >= 4 is 49.0 Å². The minimum Gasteiger partial charge on any atom is -0.444 e. The quantitative estimate of drug-likeness (QED) is 0.389. The maximum absolute atomic E-state index is 12.3. The van der Waals surface area contributed by atoms with Crippen molar-refractivity contribution in [2.75, 3.05) is 5.32 Å². The zero-order chi connectivity index (χ0) is 23.4. The van der Waals surface area contributed by atoms with Gasteiger partial charge in [-0.05, 0) is 49.7 Å². The van der Waals surface area contributed by atoms with Gasteiger partial charge in [0.05, 0.1) is 16.2 Å². The highest BCUT2D eigenvalue weighted by atomic mass is 32.2. The van der Waals surface area contributed by atoms with E-state index >= 15 is 0 Å². The van der Waals surface area contributed by atoms with Crippen LogP contribution in [0.1, 0.15) is 40.4 Å². The highest BCUT2D eigenvalue weighted by molar-refractivity contribution is 8.27. The van der Waals surface area contributed by atoms with Gasteiger partial charge in [-0.15, -0.1) is 0 Å². The summed E-state index contributed by atoms with van der Waals surface area (Å²) in [6.07, 6.45) is 1.20. The van der Waals surface area contributed by atoms with E-state index in [1.54, 1.807) is 6.92 Å². The standard InChI is InChI=1S/C23H18N4O5S2/c1-12-5-3-4-6-14(12)11-30-22(29)25-17-13(2)27-31-15(17)7-8-16-24-18-19(33-16)26-20-23(9-10-23)21(28)34(20)32-18/h3-6,28H,9-11H2,1-2H3,(H,25,29). The van der Waals surface area contributed by atoms with Crippen molar-refractivity contribution in [3.63, 3.8) is 0 Å². The summed E-state index contributed by atoms with van der Waals surface area (Å²) in [5.74, 6) is 6.35. The van der Waals surface area contributed by atoms with Gasteiger partial charge in [-0.25, -0.2) is 9.79 Å². The van der Waals surface area contributed by atoms with Crippen molar-refractivity contribution in [2.45, 2.75) is 33.3 Å². The lowest BCUT2D eigenvalue weighted by atomic mass is 10.1. The average molecular weight is 495 g/mol. The number of carbonyl (C=O) groups excluding carboxylic acids is 1. The van der Waals surface area contributed by atoms with Crippen LogP contribution < -0.4 is 9.50 Å². The maximum atomic E-state index is 12.3. The Morgan fingerprint density at radius 2 is 2.15 bits per heavy atom. The summed E-state index contributed by atoms with van der Waals surface area (Å²) in [5.41, 5.74) is 2.53. The van der Waals surface area contributed by atoms with E-state index in [2.05, 4.69) is 32.3 Å². The fourth-order valence-electron chi connectivity index (χ4n) is 3.69. The number of aliphatic hydroxyl groups is 1. The van der Waals surface area contributed by atoms with Crippen LogP contribution in [-0.2, 0) is 11.3 Å². The molecule has 1 amide bonds. The molecule has 1 saturated carbocycles. The highest BCUT2D eigenvalue weighted by Gasteiger charge is 2.62. The van der Waals surface area contributed by atoms with E-state index in [1.165, 1.54) is 11.3 Å². The van der Waals surface area contributed by atoms with Gasteiger partial charge in [-0.2, -0.15) is 4.98 Å². The smallest absolute Gasteiger partial charge is 0.412 e. The predicted molar refractivity (Wildman–Crippen MR) is 129 cm³/mol. The van der Waals surface area contributed by atoms with Crippen molar-refractivity contribution in [1.29, 1.82) is 0 Å².